The van der Waals surface area contributed by atoms with Crippen LogP contribution in [-0.4, -0.2) is 41.0 Å². The second-order valence-electron chi connectivity index (χ2n) is 12.1. The molecule has 0 aliphatic rings. The van der Waals surface area contributed by atoms with Gasteiger partial charge in [-0.15, -0.1) is 0 Å². The van der Waals surface area contributed by atoms with E-state index in [1.165, 1.54) is 0 Å². The van der Waals surface area contributed by atoms with E-state index in [1.807, 2.05) is 94.4 Å². The molecule has 7 heteroatoms. The number of aryl methyl sites for hydroxylation is 1. The number of hydrogen-bond donors (Lipinski definition) is 2. The molecule has 3 aromatic rings. The summed E-state index contributed by atoms with van der Waals surface area (Å²) in [6.45, 7) is 13.7. The minimum atomic E-state index is -0.893. The summed E-state index contributed by atoms with van der Waals surface area (Å²) in [5.74, 6) is -0.496. The highest BCUT2D eigenvalue weighted by molar-refractivity contribution is 6.00. The molecule has 0 aromatic heterocycles. The number of nitrogens with one attached hydrogen (secondary N) is 2. The van der Waals surface area contributed by atoms with E-state index in [2.05, 4.69) is 10.6 Å². The van der Waals surface area contributed by atoms with Gasteiger partial charge in [0.15, 0.2) is 0 Å². The van der Waals surface area contributed by atoms with Crippen molar-refractivity contribution in [2.24, 2.45) is 5.92 Å². The molecule has 3 amide bonds. The summed E-state index contributed by atoms with van der Waals surface area (Å²) < 4.78 is 5.48. The fraction of sp³-hybridized carbons (Fsp3) is 0.441. The topological polar surface area (TPSA) is 87.7 Å². The second kappa shape index (κ2) is 14.2. The fourth-order valence-electron chi connectivity index (χ4n) is 4.83. The zero-order chi connectivity index (χ0) is 30.2. The first-order chi connectivity index (χ1) is 19.4. The zero-order valence-electron chi connectivity index (χ0n) is 25.5. The molecule has 2 atom stereocenters. The molecule has 0 saturated carbocycles. The molecule has 0 spiro atoms. The molecule has 2 unspecified atom stereocenters. The number of ether oxygens (including phenoxy) is 1. The second-order valence-corrected chi connectivity index (χ2v) is 12.1. The molecule has 0 heterocycles. The molecule has 0 bridgehead atoms. The predicted octanol–water partition coefficient (Wildman–Crippen LogP) is 7.40. The Hall–Kier alpha value is -3.87. The Morgan fingerprint density at radius 2 is 1.63 bits per heavy atom. The van der Waals surface area contributed by atoms with Gasteiger partial charge in [0.1, 0.15) is 17.7 Å². The van der Waals surface area contributed by atoms with Crippen molar-refractivity contribution in [3.63, 3.8) is 0 Å². The summed E-state index contributed by atoms with van der Waals surface area (Å²) in [7, 11) is 0. The van der Waals surface area contributed by atoms with Crippen LogP contribution < -0.4 is 10.6 Å². The molecule has 0 fully saturated rings. The third-order valence-electron chi connectivity index (χ3n) is 6.67. The molecular weight excluding hydrogens is 514 g/mol. The van der Waals surface area contributed by atoms with E-state index >= 15 is 0 Å². The van der Waals surface area contributed by atoms with Gasteiger partial charge >= 0.3 is 6.09 Å². The van der Waals surface area contributed by atoms with Gasteiger partial charge in [0, 0.05) is 12.2 Å². The quantitative estimate of drug-likeness (QED) is 0.256. The van der Waals surface area contributed by atoms with Crippen LogP contribution in [0.25, 0.3) is 10.8 Å². The summed E-state index contributed by atoms with van der Waals surface area (Å²) in [5.41, 5.74) is 1.65. The number of alkyl carbamates (subject to hydrolysis) is 1. The molecule has 0 radical (unpaired) electrons. The minimum Gasteiger partial charge on any atom is -0.444 e. The number of unbranched alkanes of at least 4 members (excludes halogenated alkanes) is 1. The molecule has 0 aliphatic carbocycles. The lowest BCUT2D eigenvalue weighted by atomic mass is 9.98. The average molecular weight is 560 g/mol. The van der Waals surface area contributed by atoms with Crippen LogP contribution >= 0.6 is 0 Å². The van der Waals surface area contributed by atoms with Gasteiger partial charge in [0.2, 0.25) is 5.91 Å². The number of hydrogen-bond acceptors (Lipinski definition) is 4. The van der Waals surface area contributed by atoms with Crippen molar-refractivity contribution in [2.45, 2.75) is 85.4 Å². The van der Waals surface area contributed by atoms with E-state index in [0.717, 1.165) is 22.8 Å². The number of carbonyl (C=O) groups excluding carboxylic acids is 3. The molecule has 0 saturated heterocycles. The first-order valence-electron chi connectivity index (χ1n) is 14.5. The molecule has 0 aliphatic heterocycles. The minimum absolute atomic E-state index is 0.121. The van der Waals surface area contributed by atoms with Crippen molar-refractivity contribution in [1.82, 2.24) is 10.2 Å². The van der Waals surface area contributed by atoms with E-state index in [9.17, 15) is 14.4 Å². The number of carbonyl (C=O) groups is 3. The van der Waals surface area contributed by atoms with Gasteiger partial charge in [-0.2, -0.15) is 0 Å². The van der Waals surface area contributed by atoms with Gasteiger partial charge in [0.05, 0.1) is 0 Å². The number of benzene rings is 3. The van der Waals surface area contributed by atoms with Crippen LogP contribution in [0.2, 0.25) is 0 Å². The van der Waals surface area contributed by atoms with Crippen LogP contribution in [0.3, 0.4) is 0 Å². The van der Waals surface area contributed by atoms with E-state index in [4.69, 9.17) is 4.74 Å². The number of anilines is 1. The van der Waals surface area contributed by atoms with Crippen LogP contribution in [-0.2, 0) is 14.3 Å². The Balaban J connectivity index is 2.02. The highest BCUT2D eigenvalue weighted by atomic mass is 16.6. The van der Waals surface area contributed by atoms with Crippen LogP contribution in [0.5, 0.6) is 0 Å². The summed E-state index contributed by atoms with van der Waals surface area (Å²) in [6.07, 6.45) is 1.30. The lowest BCUT2D eigenvalue weighted by Crippen LogP contribution is -2.53. The van der Waals surface area contributed by atoms with Crippen molar-refractivity contribution in [1.29, 1.82) is 0 Å². The van der Waals surface area contributed by atoms with Crippen molar-refractivity contribution in [3.05, 3.63) is 77.9 Å². The fourth-order valence-corrected chi connectivity index (χ4v) is 4.83. The van der Waals surface area contributed by atoms with E-state index in [0.29, 0.717) is 30.6 Å². The molecule has 7 nitrogen and oxygen atoms in total. The van der Waals surface area contributed by atoms with Crippen molar-refractivity contribution in [3.8, 4) is 0 Å². The van der Waals surface area contributed by atoms with E-state index in [1.54, 1.807) is 25.7 Å². The number of fused-ring (bicyclic) bond motifs is 1. The Labute approximate surface area is 244 Å². The molecular formula is C34H45N3O4. The Kier molecular flexibility index (Phi) is 10.9. The summed E-state index contributed by atoms with van der Waals surface area (Å²) in [5, 5.41) is 7.96. The molecule has 220 valence electrons. The molecule has 3 aromatic carbocycles. The Morgan fingerprint density at radius 1 is 0.927 bits per heavy atom. The van der Waals surface area contributed by atoms with Crippen molar-refractivity contribution >= 4 is 34.4 Å². The summed E-state index contributed by atoms with van der Waals surface area (Å²) in [6, 6.07) is 19.7. The van der Waals surface area contributed by atoms with E-state index < -0.39 is 23.8 Å². The third kappa shape index (κ3) is 9.34. The molecule has 3 rings (SSSR count). The summed E-state index contributed by atoms with van der Waals surface area (Å²) >= 11 is 0. The maximum Gasteiger partial charge on any atom is 0.408 e. The van der Waals surface area contributed by atoms with Crippen molar-refractivity contribution in [2.75, 3.05) is 11.9 Å². The van der Waals surface area contributed by atoms with Gasteiger partial charge in [-0.05, 0) is 74.9 Å². The number of amides is 3. The lowest BCUT2D eigenvalue weighted by Gasteiger charge is -2.35. The van der Waals surface area contributed by atoms with Crippen LogP contribution in [0, 0.1) is 12.8 Å². The number of nitrogens with zero attached hydrogens (tertiary/aromatic N) is 1. The Bertz CT molecular complexity index is 1350. The van der Waals surface area contributed by atoms with Crippen LogP contribution in [0.15, 0.2) is 66.7 Å². The van der Waals surface area contributed by atoms with Crippen molar-refractivity contribution < 1.29 is 19.1 Å². The molecule has 41 heavy (non-hydrogen) atoms. The van der Waals surface area contributed by atoms with Gasteiger partial charge in [-0.1, -0.05) is 87.4 Å². The maximum absolute atomic E-state index is 14.3. The van der Waals surface area contributed by atoms with E-state index in [-0.39, 0.29) is 17.7 Å². The highest BCUT2D eigenvalue weighted by Crippen LogP contribution is 2.28. The Morgan fingerprint density at radius 3 is 2.27 bits per heavy atom. The molecule has 2 N–H and O–H groups in total. The van der Waals surface area contributed by atoms with Crippen LogP contribution in [0.1, 0.15) is 78.0 Å². The van der Waals surface area contributed by atoms with Gasteiger partial charge in [-0.25, -0.2) is 4.79 Å². The first-order valence-corrected chi connectivity index (χ1v) is 14.5. The summed E-state index contributed by atoms with van der Waals surface area (Å²) in [4.78, 5) is 42.8. The smallest absolute Gasteiger partial charge is 0.408 e. The first kappa shape index (κ1) is 31.7. The largest absolute Gasteiger partial charge is 0.444 e. The predicted molar refractivity (Wildman–Crippen MR) is 166 cm³/mol. The monoisotopic (exact) mass is 559 g/mol. The normalized spacial score (nSPS) is 13.0. The van der Waals surface area contributed by atoms with Gasteiger partial charge < -0.3 is 20.3 Å². The third-order valence-corrected chi connectivity index (χ3v) is 6.67. The standard InChI is InChI=1S/C34H45N3O4/c1-8-9-19-37(32(39)29(20-23(2)3)36-33(40)41-34(5,6)7)30(27-16-12-13-24(4)21-27)31(38)35-28-18-17-25-14-10-11-15-26(25)22-28/h10-18,21-23,29-30H,8-9,19-20H2,1-7H3,(H,35,38)(H,36,40). The average Bonchev–Trinajstić information content (AvgIpc) is 2.88. The number of rotatable bonds is 11. The van der Waals surface area contributed by atoms with Gasteiger partial charge in [-0.3, -0.25) is 9.59 Å². The lowest BCUT2D eigenvalue weighted by molar-refractivity contribution is -0.141. The SMILES string of the molecule is CCCCN(C(=O)C(CC(C)C)NC(=O)OC(C)(C)C)C(C(=O)Nc1ccc2ccccc2c1)c1cccc(C)c1. The van der Waals surface area contributed by atoms with Gasteiger partial charge in [0.25, 0.3) is 5.91 Å². The zero-order valence-corrected chi connectivity index (χ0v) is 25.5. The maximum atomic E-state index is 14.3. The van der Waals surface area contributed by atoms with Crippen LogP contribution in [0.4, 0.5) is 10.5 Å². The highest BCUT2D eigenvalue weighted by Gasteiger charge is 2.36.